The maximum Gasteiger partial charge on any atom is 0.349 e. The largest absolute Gasteiger partial charge is 0.467 e. The summed E-state index contributed by atoms with van der Waals surface area (Å²) in [7, 11) is 0. The fourth-order valence-electron chi connectivity index (χ4n) is 3.06. The van der Waals surface area contributed by atoms with Crippen LogP contribution in [0, 0.1) is 0 Å². The maximum atomic E-state index is 12.3. The number of rotatable bonds is 7. The monoisotopic (exact) mass is 417 g/mol. The molecule has 0 saturated heterocycles. The van der Waals surface area contributed by atoms with Crippen LogP contribution in [-0.4, -0.2) is 11.9 Å². The highest BCUT2D eigenvalue weighted by molar-refractivity contribution is 5.96. The molecule has 0 atom stereocenters. The van der Waals surface area contributed by atoms with Crippen molar-refractivity contribution in [3.8, 4) is 5.75 Å². The molecule has 4 aromatic rings. The summed E-state index contributed by atoms with van der Waals surface area (Å²) in [5.41, 5.74) is 0.367. The average Bonchev–Trinajstić information content (AvgIpc) is 3.30. The molecule has 0 radical (unpaired) electrons. The van der Waals surface area contributed by atoms with Crippen LogP contribution in [0.5, 0.6) is 5.75 Å². The zero-order valence-corrected chi connectivity index (χ0v) is 16.5. The van der Waals surface area contributed by atoms with Crippen molar-refractivity contribution in [1.29, 1.82) is 0 Å². The number of fused-ring (bicyclic) bond motifs is 1. The van der Waals surface area contributed by atoms with E-state index in [1.807, 2.05) is 30.3 Å². The normalized spacial score (nSPS) is 10.7. The van der Waals surface area contributed by atoms with E-state index in [0.29, 0.717) is 17.6 Å². The van der Waals surface area contributed by atoms with Crippen LogP contribution in [0.25, 0.3) is 11.0 Å². The molecule has 2 heterocycles. The summed E-state index contributed by atoms with van der Waals surface area (Å²) < 4.78 is 15.8. The minimum absolute atomic E-state index is 0.119. The van der Waals surface area contributed by atoms with Gasteiger partial charge in [0.05, 0.1) is 12.8 Å². The van der Waals surface area contributed by atoms with E-state index in [-0.39, 0.29) is 35.8 Å². The van der Waals surface area contributed by atoms with Gasteiger partial charge in [0.25, 0.3) is 5.91 Å². The lowest BCUT2D eigenvalue weighted by atomic mass is 10.1. The predicted octanol–water partition coefficient (Wildman–Crippen LogP) is 3.85. The lowest BCUT2D eigenvalue weighted by molar-refractivity contribution is -0.134. The van der Waals surface area contributed by atoms with Gasteiger partial charge in [0.2, 0.25) is 0 Å². The van der Waals surface area contributed by atoms with E-state index < -0.39 is 11.5 Å². The molecule has 0 aliphatic heterocycles. The Morgan fingerprint density at radius 2 is 1.81 bits per heavy atom. The second kappa shape index (κ2) is 9.13. The van der Waals surface area contributed by atoms with Crippen molar-refractivity contribution >= 4 is 22.8 Å². The van der Waals surface area contributed by atoms with Crippen LogP contribution >= 0.6 is 0 Å². The van der Waals surface area contributed by atoms with Crippen molar-refractivity contribution in [3.63, 3.8) is 0 Å². The first kappa shape index (κ1) is 20.2. The molecule has 2 aromatic carbocycles. The van der Waals surface area contributed by atoms with Gasteiger partial charge in [-0.25, -0.2) is 4.79 Å². The standard InChI is InChI=1S/C24H19NO6/c26-22(11-8-16-5-2-1-3-6-16)30-18-10-9-17-13-20(24(28)31-21(17)14-18)23(27)25-15-19-7-4-12-29-19/h1-7,9-10,12-14H,8,11,15H2,(H,25,27). The van der Waals surface area contributed by atoms with E-state index >= 15 is 0 Å². The SMILES string of the molecule is O=C(CCc1ccccc1)Oc1ccc2cc(C(=O)NCc3ccco3)c(=O)oc2c1. The summed E-state index contributed by atoms with van der Waals surface area (Å²) in [6.07, 6.45) is 2.29. The highest BCUT2D eigenvalue weighted by atomic mass is 16.5. The molecule has 0 saturated carbocycles. The summed E-state index contributed by atoms with van der Waals surface area (Å²) in [4.78, 5) is 36.7. The summed E-state index contributed by atoms with van der Waals surface area (Å²) in [6.45, 7) is 0.154. The van der Waals surface area contributed by atoms with Crippen molar-refractivity contribution < 1.29 is 23.2 Å². The van der Waals surface area contributed by atoms with Gasteiger partial charge < -0.3 is 18.9 Å². The number of ether oxygens (including phenoxy) is 1. The Labute approximate surface area is 177 Å². The Bertz CT molecular complexity index is 1260. The van der Waals surface area contributed by atoms with E-state index in [1.165, 1.54) is 18.4 Å². The molecule has 7 nitrogen and oxygen atoms in total. The number of furan rings is 1. The van der Waals surface area contributed by atoms with E-state index in [9.17, 15) is 14.4 Å². The highest BCUT2D eigenvalue weighted by Gasteiger charge is 2.15. The van der Waals surface area contributed by atoms with Crippen molar-refractivity contribution in [2.75, 3.05) is 0 Å². The molecular formula is C24H19NO6. The van der Waals surface area contributed by atoms with Gasteiger partial charge in [-0.05, 0) is 42.3 Å². The lowest BCUT2D eigenvalue weighted by Gasteiger charge is -2.07. The number of benzene rings is 2. The van der Waals surface area contributed by atoms with Crippen LogP contribution in [0.2, 0.25) is 0 Å². The zero-order chi connectivity index (χ0) is 21.6. The molecule has 0 fully saturated rings. The van der Waals surface area contributed by atoms with Crippen LogP contribution in [-0.2, 0) is 17.8 Å². The van der Waals surface area contributed by atoms with Crippen molar-refractivity contribution in [2.24, 2.45) is 0 Å². The molecule has 0 aliphatic carbocycles. The third kappa shape index (κ3) is 5.08. The van der Waals surface area contributed by atoms with Gasteiger partial charge in [0.15, 0.2) is 0 Å². The van der Waals surface area contributed by atoms with Crippen LogP contribution in [0.3, 0.4) is 0 Å². The van der Waals surface area contributed by atoms with Gasteiger partial charge in [-0.15, -0.1) is 0 Å². The number of nitrogens with one attached hydrogen (secondary N) is 1. The van der Waals surface area contributed by atoms with E-state index in [1.54, 1.807) is 24.3 Å². The van der Waals surface area contributed by atoms with Crippen LogP contribution in [0.4, 0.5) is 0 Å². The Kier molecular flexibility index (Phi) is 5.93. The number of amides is 1. The topological polar surface area (TPSA) is 98.8 Å². The molecule has 0 spiro atoms. The van der Waals surface area contributed by atoms with Gasteiger partial charge in [0.1, 0.15) is 22.7 Å². The smallest absolute Gasteiger partial charge is 0.349 e. The fraction of sp³-hybridized carbons (Fsp3) is 0.125. The summed E-state index contributed by atoms with van der Waals surface area (Å²) >= 11 is 0. The number of carbonyl (C=O) groups is 2. The third-order valence-corrected chi connectivity index (χ3v) is 4.65. The summed E-state index contributed by atoms with van der Waals surface area (Å²) in [5.74, 6) is -0.121. The van der Waals surface area contributed by atoms with Gasteiger partial charge in [-0.2, -0.15) is 0 Å². The second-order valence-corrected chi connectivity index (χ2v) is 6.87. The van der Waals surface area contributed by atoms with Crippen LogP contribution < -0.4 is 15.7 Å². The lowest BCUT2D eigenvalue weighted by Crippen LogP contribution is -2.27. The van der Waals surface area contributed by atoms with Crippen LogP contribution in [0.15, 0.2) is 86.6 Å². The number of carbonyl (C=O) groups excluding carboxylic acids is 2. The molecule has 7 heteroatoms. The molecule has 4 rings (SSSR count). The first-order valence-electron chi connectivity index (χ1n) is 9.71. The molecule has 0 unspecified atom stereocenters. The molecule has 1 amide bonds. The van der Waals surface area contributed by atoms with Gasteiger partial charge in [-0.1, -0.05) is 30.3 Å². The van der Waals surface area contributed by atoms with Crippen molar-refractivity contribution in [2.45, 2.75) is 19.4 Å². The Hall–Kier alpha value is -4.13. The minimum Gasteiger partial charge on any atom is -0.467 e. The first-order valence-corrected chi connectivity index (χ1v) is 9.71. The summed E-state index contributed by atoms with van der Waals surface area (Å²) in [6, 6.07) is 19.2. The van der Waals surface area contributed by atoms with Crippen LogP contribution in [0.1, 0.15) is 28.1 Å². The summed E-state index contributed by atoms with van der Waals surface area (Å²) in [5, 5.41) is 3.14. The van der Waals surface area contributed by atoms with E-state index in [2.05, 4.69) is 5.32 Å². The van der Waals surface area contributed by atoms with Gasteiger partial charge >= 0.3 is 11.6 Å². The van der Waals surface area contributed by atoms with Gasteiger partial charge in [0, 0.05) is 17.9 Å². The Morgan fingerprint density at radius 1 is 0.968 bits per heavy atom. The number of hydrogen-bond donors (Lipinski definition) is 1. The minimum atomic E-state index is -0.781. The molecule has 0 bridgehead atoms. The third-order valence-electron chi connectivity index (χ3n) is 4.65. The van der Waals surface area contributed by atoms with Crippen molar-refractivity contribution in [3.05, 3.63) is 100 Å². The second-order valence-electron chi connectivity index (χ2n) is 6.87. The maximum absolute atomic E-state index is 12.3. The Morgan fingerprint density at radius 3 is 2.58 bits per heavy atom. The first-order chi connectivity index (χ1) is 15.1. The quantitative estimate of drug-likeness (QED) is 0.279. The number of esters is 1. The zero-order valence-electron chi connectivity index (χ0n) is 16.5. The Balaban J connectivity index is 1.43. The fourth-order valence-corrected chi connectivity index (χ4v) is 3.06. The van der Waals surface area contributed by atoms with E-state index in [0.717, 1.165) is 5.56 Å². The van der Waals surface area contributed by atoms with Gasteiger partial charge in [-0.3, -0.25) is 9.59 Å². The molecule has 0 aliphatic rings. The molecule has 1 N–H and O–H groups in total. The van der Waals surface area contributed by atoms with E-state index in [4.69, 9.17) is 13.6 Å². The highest BCUT2D eigenvalue weighted by Crippen LogP contribution is 2.21. The molecule has 2 aromatic heterocycles. The number of aryl methyl sites for hydroxylation is 1. The molecule has 156 valence electrons. The predicted molar refractivity (Wildman–Crippen MR) is 113 cm³/mol. The molecule has 31 heavy (non-hydrogen) atoms. The number of hydrogen-bond acceptors (Lipinski definition) is 6. The van der Waals surface area contributed by atoms with Crippen molar-refractivity contribution in [1.82, 2.24) is 5.32 Å². The molecular weight excluding hydrogens is 398 g/mol. The average molecular weight is 417 g/mol.